The lowest BCUT2D eigenvalue weighted by Crippen LogP contribution is -2.44. The highest BCUT2D eigenvalue weighted by Crippen LogP contribution is 2.31. The van der Waals surface area contributed by atoms with E-state index < -0.39 is 0 Å². The Morgan fingerprint density at radius 2 is 2.05 bits per heavy atom. The van der Waals surface area contributed by atoms with Gasteiger partial charge in [0, 0.05) is 18.5 Å². The van der Waals surface area contributed by atoms with Crippen LogP contribution in [0.1, 0.15) is 58.3 Å². The molecule has 0 aromatic carbocycles. The van der Waals surface area contributed by atoms with Crippen LogP contribution >= 0.6 is 0 Å². The third-order valence-electron chi connectivity index (χ3n) is 4.38. The van der Waals surface area contributed by atoms with Gasteiger partial charge in [0.05, 0.1) is 0 Å². The van der Waals surface area contributed by atoms with Crippen LogP contribution in [-0.4, -0.2) is 20.8 Å². The molecular weight excluding hydrogens is 238 g/mol. The Morgan fingerprint density at radius 3 is 2.63 bits per heavy atom. The molecule has 0 radical (unpaired) electrons. The Hall–Kier alpha value is -0.940. The summed E-state index contributed by atoms with van der Waals surface area (Å²) in [6.07, 6.45) is 7.69. The van der Waals surface area contributed by atoms with Gasteiger partial charge >= 0.3 is 0 Å². The third kappa shape index (κ3) is 3.54. The molecule has 1 atom stereocenters. The number of hydrazine groups is 1. The fraction of sp³-hybridized carbons (Fsp3) is 0.857. The molecule has 1 aromatic heterocycles. The standard InChI is InChI=1S/C14H27N5/c1-10(2)19-14(16-9-17-19)8-13(18-15)12-6-4-11(3)5-7-12/h9-13,18H,4-8,15H2,1-3H3. The molecule has 1 aliphatic carbocycles. The van der Waals surface area contributed by atoms with Crippen molar-refractivity contribution < 1.29 is 0 Å². The normalized spacial score (nSPS) is 25.7. The Balaban J connectivity index is 2.00. The monoisotopic (exact) mass is 265 g/mol. The summed E-state index contributed by atoms with van der Waals surface area (Å²) in [5, 5.41) is 4.30. The van der Waals surface area contributed by atoms with Crippen molar-refractivity contribution in [3.8, 4) is 0 Å². The molecular formula is C14H27N5. The SMILES string of the molecule is CC1CCC(C(Cc2ncnn2C(C)C)NN)CC1. The molecule has 0 spiro atoms. The molecule has 5 heteroatoms. The predicted molar refractivity (Wildman–Crippen MR) is 76.3 cm³/mol. The maximum Gasteiger partial charge on any atom is 0.138 e. The third-order valence-corrected chi connectivity index (χ3v) is 4.38. The zero-order chi connectivity index (χ0) is 13.8. The van der Waals surface area contributed by atoms with Crippen molar-refractivity contribution in [2.45, 2.75) is 65.0 Å². The van der Waals surface area contributed by atoms with Gasteiger partial charge in [-0.15, -0.1) is 0 Å². The van der Waals surface area contributed by atoms with Crippen molar-refractivity contribution in [1.82, 2.24) is 20.2 Å². The average Bonchev–Trinajstić information content (AvgIpc) is 2.85. The van der Waals surface area contributed by atoms with Gasteiger partial charge in [-0.3, -0.25) is 11.3 Å². The lowest BCUT2D eigenvalue weighted by molar-refractivity contribution is 0.226. The number of nitrogens with two attached hydrogens (primary N) is 1. The zero-order valence-electron chi connectivity index (χ0n) is 12.3. The van der Waals surface area contributed by atoms with E-state index >= 15 is 0 Å². The molecule has 1 saturated carbocycles. The van der Waals surface area contributed by atoms with Crippen LogP contribution in [0.5, 0.6) is 0 Å². The number of hydrogen-bond donors (Lipinski definition) is 2. The Kier molecular flexibility index (Phi) is 4.93. The van der Waals surface area contributed by atoms with Gasteiger partial charge in [-0.1, -0.05) is 19.8 Å². The lowest BCUT2D eigenvalue weighted by atomic mass is 9.78. The van der Waals surface area contributed by atoms with Gasteiger partial charge in [0.25, 0.3) is 0 Å². The maximum absolute atomic E-state index is 5.77. The van der Waals surface area contributed by atoms with E-state index in [-0.39, 0.29) is 0 Å². The largest absolute Gasteiger partial charge is 0.271 e. The van der Waals surface area contributed by atoms with Crippen molar-refractivity contribution in [3.63, 3.8) is 0 Å². The minimum Gasteiger partial charge on any atom is -0.271 e. The van der Waals surface area contributed by atoms with E-state index in [1.54, 1.807) is 6.33 Å². The van der Waals surface area contributed by atoms with Crippen LogP contribution in [0.4, 0.5) is 0 Å². The summed E-state index contributed by atoms with van der Waals surface area (Å²) in [6, 6.07) is 0.663. The summed E-state index contributed by atoms with van der Waals surface area (Å²) >= 11 is 0. The molecule has 2 rings (SSSR count). The predicted octanol–water partition coefficient (Wildman–Crippen LogP) is 2.06. The van der Waals surface area contributed by atoms with Gasteiger partial charge in [0.15, 0.2) is 0 Å². The summed E-state index contributed by atoms with van der Waals surface area (Å²) in [7, 11) is 0. The van der Waals surface area contributed by atoms with E-state index in [9.17, 15) is 0 Å². The van der Waals surface area contributed by atoms with Crippen molar-refractivity contribution in [2.75, 3.05) is 0 Å². The maximum atomic E-state index is 5.77. The van der Waals surface area contributed by atoms with Gasteiger partial charge in [-0.25, -0.2) is 9.67 Å². The van der Waals surface area contributed by atoms with Crippen molar-refractivity contribution in [2.24, 2.45) is 17.7 Å². The molecule has 1 unspecified atom stereocenters. The second-order valence-corrected chi connectivity index (χ2v) is 6.21. The molecule has 0 amide bonds. The average molecular weight is 265 g/mol. The van der Waals surface area contributed by atoms with Gasteiger partial charge < -0.3 is 0 Å². The van der Waals surface area contributed by atoms with Crippen LogP contribution in [0.15, 0.2) is 6.33 Å². The van der Waals surface area contributed by atoms with Crippen LogP contribution in [0.2, 0.25) is 0 Å². The lowest BCUT2D eigenvalue weighted by Gasteiger charge is -2.32. The fourth-order valence-corrected chi connectivity index (χ4v) is 3.10. The first-order chi connectivity index (χ1) is 9.11. The Bertz CT molecular complexity index is 379. The number of hydrogen-bond acceptors (Lipinski definition) is 4. The number of nitrogens with one attached hydrogen (secondary N) is 1. The molecule has 0 aliphatic heterocycles. The van der Waals surface area contributed by atoms with E-state index in [4.69, 9.17) is 5.84 Å². The molecule has 108 valence electrons. The van der Waals surface area contributed by atoms with E-state index in [2.05, 4.69) is 36.3 Å². The first-order valence-electron chi connectivity index (χ1n) is 7.46. The molecule has 19 heavy (non-hydrogen) atoms. The highest BCUT2D eigenvalue weighted by Gasteiger charge is 2.27. The summed E-state index contributed by atoms with van der Waals surface area (Å²) in [5.74, 6) is 8.35. The molecule has 0 saturated heterocycles. The molecule has 1 aliphatic rings. The van der Waals surface area contributed by atoms with E-state index in [0.29, 0.717) is 18.0 Å². The zero-order valence-corrected chi connectivity index (χ0v) is 12.3. The van der Waals surface area contributed by atoms with Gasteiger partial charge in [0.1, 0.15) is 12.2 Å². The summed E-state index contributed by atoms with van der Waals surface area (Å²) < 4.78 is 2.00. The van der Waals surface area contributed by atoms with Crippen LogP contribution in [-0.2, 0) is 6.42 Å². The number of rotatable bonds is 5. The molecule has 5 nitrogen and oxygen atoms in total. The number of nitrogens with zero attached hydrogens (tertiary/aromatic N) is 3. The summed E-state index contributed by atoms with van der Waals surface area (Å²) in [5.41, 5.74) is 3.01. The van der Waals surface area contributed by atoms with Crippen LogP contribution in [0.3, 0.4) is 0 Å². The molecule has 1 fully saturated rings. The van der Waals surface area contributed by atoms with E-state index in [1.165, 1.54) is 25.7 Å². The topological polar surface area (TPSA) is 68.8 Å². The minimum atomic E-state index is 0.314. The number of aromatic nitrogens is 3. The second-order valence-electron chi connectivity index (χ2n) is 6.21. The highest BCUT2D eigenvalue weighted by molar-refractivity contribution is 4.93. The molecule has 1 aromatic rings. The summed E-state index contributed by atoms with van der Waals surface area (Å²) in [4.78, 5) is 4.39. The second kappa shape index (κ2) is 6.48. The van der Waals surface area contributed by atoms with E-state index in [1.807, 2.05) is 4.68 Å². The minimum absolute atomic E-state index is 0.314. The van der Waals surface area contributed by atoms with Crippen molar-refractivity contribution >= 4 is 0 Å². The smallest absolute Gasteiger partial charge is 0.138 e. The fourth-order valence-electron chi connectivity index (χ4n) is 3.10. The highest BCUT2D eigenvalue weighted by atomic mass is 15.3. The first kappa shape index (κ1) is 14.5. The Morgan fingerprint density at radius 1 is 1.37 bits per heavy atom. The van der Waals surface area contributed by atoms with Gasteiger partial charge in [-0.05, 0) is 38.5 Å². The summed E-state index contributed by atoms with van der Waals surface area (Å²) in [6.45, 7) is 6.60. The molecule has 3 N–H and O–H groups in total. The van der Waals surface area contributed by atoms with Crippen molar-refractivity contribution in [1.29, 1.82) is 0 Å². The van der Waals surface area contributed by atoms with Crippen molar-refractivity contribution in [3.05, 3.63) is 12.2 Å². The van der Waals surface area contributed by atoms with Crippen LogP contribution in [0, 0.1) is 11.8 Å². The quantitative estimate of drug-likeness (QED) is 0.631. The van der Waals surface area contributed by atoms with Gasteiger partial charge in [-0.2, -0.15) is 5.10 Å². The van der Waals surface area contributed by atoms with Crippen LogP contribution < -0.4 is 11.3 Å². The van der Waals surface area contributed by atoms with Crippen LogP contribution in [0.25, 0.3) is 0 Å². The van der Waals surface area contributed by atoms with E-state index in [0.717, 1.165) is 18.2 Å². The molecule has 0 bridgehead atoms. The first-order valence-corrected chi connectivity index (χ1v) is 7.46. The van der Waals surface area contributed by atoms with Gasteiger partial charge in [0.2, 0.25) is 0 Å². The molecule has 1 heterocycles. The Labute approximate surface area is 115 Å².